The Kier molecular flexibility index (Phi) is 3.30. The molecule has 0 amide bonds. The first-order valence-electron chi connectivity index (χ1n) is 9.40. The Labute approximate surface area is 139 Å². The Bertz CT molecular complexity index is 555. The molecule has 4 saturated carbocycles. The highest BCUT2D eigenvalue weighted by atomic mass is 16.4. The van der Waals surface area contributed by atoms with E-state index in [4.69, 9.17) is 0 Å². The Morgan fingerprint density at radius 1 is 1.22 bits per heavy atom. The largest absolute Gasteiger partial charge is 0.481 e. The monoisotopic (exact) mass is 318 g/mol. The number of carboxylic acids is 1. The molecule has 4 rings (SSSR count). The molecule has 0 radical (unpaired) electrons. The quantitative estimate of drug-likeness (QED) is 0.756. The number of hydrogen-bond acceptors (Lipinski definition) is 2. The van der Waals surface area contributed by atoms with Crippen molar-refractivity contribution in [3.05, 3.63) is 12.2 Å². The molecular weight excluding hydrogens is 288 g/mol. The van der Waals surface area contributed by atoms with Crippen molar-refractivity contribution in [2.45, 2.75) is 64.7 Å². The smallest absolute Gasteiger partial charge is 0.312 e. The first-order chi connectivity index (χ1) is 10.9. The predicted molar refractivity (Wildman–Crippen MR) is 88.9 cm³/mol. The summed E-state index contributed by atoms with van der Waals surface area (Å²) in [7, 11) is 0. The topological polar surface area (TPSA) is 57.5 Å². The molecule has 0 saturated heterocycles. The highest BCUT2D eigenvalue weighted by Crippen LogP contribution is 2.72. The summed E-state index contributed by atoms with van der Waals surface area (Å²) in [6.45, 7) is 6.51. The molecule has 0 unspecified atom stereocenters. The maximum Gasteiger partial charge on any atom is 0.312 e. The summed E-state index contributed by atoms with van der Waals surface area (Å²) in [5.74, 6) is 0.704. The van der Waals surface area contributed by atoms with Gasteiger partial charge in [0.2, 0.25) is 0 Å². The molecule has 0 aliphatic heterocycles. The van der Waals surface area contributed by atoms with Gasteiger partial charge in [0, 0.05) is 0 Å². The summed E-state index contributed by atoms with van der Waals surface area (Å²) in [5, 5.41) is 20.0. The van der Waals surface area contributed by atoms with E-state index < -0.39 is 11.4 Å². The van der Waals surface area contributed by atoms with Gasteiger partial charge in [-0.1, -0.05) is 25.5 Å². The molecule has 0 heterocycles. The van der Waals surface area contributed by atoms with Gasteiger partial charge in [0.15, 0.2) is 0 Å². The minimum Gasteiger partial charge on any atom is -0.481 e. The van der Waals surface area contributed by atoms with Crippen molar-refractivity contribution in [1.29, 1.82) is 0 Å². The van der Waals surface area contributed by atoms with Gasteiger partial charge in [0.05, 0.1) is 12.0 Å². The number of carboxylic acid groups (broad SMARTS) is 1. The summed E-state index contributed by atoms with van der Waals surface area (Å²) in [4.78, 5) is 12.1. The third-order valence-electron chi connectivity index (χ3n) is 8.59. The Balaban J connectivity index is 1.76. The van der Waals surface area contributed by atoms with Crippen molar-refractivity contribution in [3.8, 4) is 0 Å². The zero-order valence-electron chi connectivity index (χ0n) is 14.3. The fourth-order valence-electron chi connectivity index (χ4n) is 7.68. The van der Waals surface area contributed by atoms with Crippen LogP contribution in [0.3, 0.4) is 0 Å². The van der Waals surface area contributed by atoms with Gasteiger partial charge in [-0.15, -0.1) is 0 Å². The van der Waals surface area contributed by atoms with Crippen molar-refractivity contribution in [2.24, 2.45) is 34.0 Å². The lowest BCUT2D eigenvalue weighted by Crippen LogP contribution is -2.60. The van der Waals surface area contributed by atoms with Crippen molar-refractivity contribution < 1.29 is 15.0 Å². The molecule has 0 aromatic carbocycles. The SMILES string of the molecule is C=C1C[C@@]23CC[C@@H]4[C@@](CO)(C(=O)O)CCC[C@@]4(C)[C@@H]2CC[C@@H]1C3. The molecule has 4 aliphatic rings. The van der Waals surface area contributed by atoms with Gasteiger partial charge in [0.25, 0.3) is 0 Å². The van der Waals surface area contributed by atoms with Gasteiger partial charge in [-0.3, -0.25) is 4.79 Å². The number of hydrogen-bond donors (Lipinski definition) is 2. The van der Waals surface area contributed by atoms with E-state index in [0.717, 1.165) is 31.6 Å². The minimum atomic E-state index is -0.902. The summed E-state index contributed by atoms with van der Waals surface area (Å²) in [6, 6.07) is 0. The van der Waals surface area contributed by atoms with Crippen LogP contribution < -0.4 is 0 Å². The summed E-state index contributed by atoms with van der Waals surface area (Å²) >= 11 is 0. The van der Waals surface area contributed by atoms with E-state index in [0.29, 0.717) is 17.8 Å². The summed E-state index contributed by atoms with van der Waals surface area (Å²) < 4.78 is 0. The van der Waals surface area contributed by atoms with Crippen molar-refractivity contribution in [1.82, 2.24) is 0 Å². The van der Waals surface area contributed by atoms with Gasteiger partial charge >= 0.3 is 5.97 Å². The van der Waals surface area contributed by atoms with Crippen LogP contribution in [-0.4, -0.2) is 22.8 Å². The van der Waals surface area contributed by atoms with E-state index in [1.807, 2.05) is 0 Å². The van der Waals surface area contributed by atoms with Crippen LogP contribution in [0.4, 0.5) is 0 Å². The average Bonchev–Trinajstić information content (AvgIpc) is 2.75. The van der Waals surface area contributed by atoms with Crippen LogP contribution in [0, 0.1) is 34.0 Å². The van der Waals surface area contributed by atoms with Crippen LogP contribution in [0.25, 0.3) is 0 Å². The fraction of sp³-hybridized carbons (Fsp3) is 0.850. The number of aliphatic hydroxyl groups is 1. The second-order valence-corrected chi connectivity index (χ2v) is 9.30. The first-order valence-corrected chi connectivity index (χ1v) is 9.40. The Morgan fingerprint density at radius 2 is 2.00 bits per heavy atom. The molecule has 2 N–H and O–H groups in total. The van der Waals surface area contributed by atoms with E-state index >= 15 is 0 Å². The number of carbonyl (C=O) groups is 1. The van der Waals surface area contributed by atoms with Crippen LogP contribution >= 0.6 is 0 Å². The zero-order chi connectivity index (χ0) is 16.5. The van der Waals surface area contributed by atoms with Crippen LogP contribution in [0.1, 0.15) is 64.7 Å². The molecular formula is C20H30O3. The van der Waals surface area contributed by atoms with Crippen LogP contribution in [-0.2, 0) is 4.79 Å². The van der Waals surface area contributed by atoms with E-state index in [1.165, 1.54) is 31.3 Å². The maximum absolute atomic E-state index is 12.1. The van der Waals surface area contributed by atoms with E-state index in [1.54, 1.807) is 0 Å². The standard InChI is InChI=1S/C20H30O3/c1-13-10-19-9-6-16-18(2,15(19)5-4-14(13)11-19)7-3-8-20(16,12-21)17(22)23/h14-16,21H,1,3-12H2,2H3,(H,22,23)/t14-,15+,16+,18+,19-,20-/m1/s1. The number of aliphatic carboxylic acids is 1. The highest BCUT2D eigenvalue weighted by Gasteiger charge is 2.66. The van der Waals surface area contributed by atoms with Gasteiger partial charge in [-0.05, 0) is 80.0 Å². The molecule has 3 nitrogen and oxygen atoms in total. The maximum atomic E-state index is 12.1. The first kappa shape index (κ1) is 15.7. The minimum absolute atomic E-state index is 0.0766. The number of fused-ring (bicyclic) bond motifs is 3. The highest BCUT2D eigenvalue weighted by molar-refractivity contribution is 5.75. The lowest BCUT2D eigenvalue weighted by atomic mass is 9.41. The predicted octanol–water partition coefficient (Wildman–Crippen LogP) is 4.01. The van der Waals surface area contributed by atoms with Gasteiger partial charge in [-0.2, -0.15) is 0 Å². The van der Waals surface area contributed by atoms with Crippen molar-refractivity contribution in [3.63, 3.8) is 0 Å². The second kappa shape index (κ2) is 4.84. The van der Waals surface area contributed by atoms with Crippen LogP contribution in [0.5, 0.6) is 0 Å². The summed E-state index contributed by atoms with van der Waals surface area (Å²) in [5.41, 5.74) is 1.02. The lowest BCUT2D eigenvalue weighted by molar-refractivity contribution is -0.191. The third-order valence-corrected chi connectivity index (χ3v) is 8.59. The second-order valence-electron chi connectivity index (χ2n) is 9.30. The van der Waals surface area contributed by atoms with Crippen molar-refractivity contribution in [2.75, 3.05) is 6.61 Å². The molecule has 1 spiro atoms. The number of aliphatic hydroxyl groups excluding tert-OH is 1. The number of rotatable bonds is 2. The molecule has 4 fully saturated rings. The average molecular weight is 318 g/mol. The molecule has 4 aliphatic carbocycles. The van der Waals surface area contributed by atoms with Gasteiger partial charge in [0.1, 0.15) is 0 Å². The van der Waals surface area contributed by atoms with Crippen LogP contribution in [0.2, 0.25) is 0 Å². The molecule has 23 heavy (non-hydrogen) atoms. The lowest BCUT2D eigenvalue weighted by Gasteiger charge is -2.63. The molecule has 0 aromatic rings. The van der Waals surface area contributed by atoms with E-state index in [-0.39, 0.29) is 17.9 Å². The third kappa shape index (κ3) is 1.83. The number of allylic oxidation sites excluding steroid dienone is 1. The molecule has 0 aromatic heterocycles. The van der Waals surface area contributed by atoms with Gasteiger partial charge < -0.3 is 10.2 Å². The fourth-order valence-corrected chi connectivity index (χ4v) is 7.68. The molecule has 3 heteroatoms. The Hall–Kier alpha value is -0.830. The zero-order valence-corrected chi connectivity index (χ0v) is 14.3. The van der Waals surface area contributed by atoms with E-state index in [2.05, 4.69) is 13.5 Å². The molecule has 128 valence electrons. The Morgan fingerprint density at radius 3 is 2.70 bits per heavy atom. The van der Waals surface area contributed by atoms with Gasteiger partial charge in [-0.25, -0.2) is 0 Å². The summed E-state index contributed by atoms with van der Waals surface area (Å²) in [6.07, 6.45) is 9.77. The molecule has 2 bridgehead atoms. The molecule has 6 atom stereocenters. The normalized spacial score (nSPS) is 51.9. The van der Waals surface area contributed by atoms with E-state index in [9.17, 15) is 15.0 Å². The van der Waals surface area contributed by atoms with Crippen molar-refractivity contribution >= 4 is 5.97 Å². The van der Waals surface area contributed by atoms with Crippen LogP contribution in [0.15, 0.2) is 12.2 Å².